The van der Waals surface area contributed by atoms with Gasteiger partial charge in [-0.2, -0.15) is 17.9 Å². The van der Waals surface area contributed by atoms with Gasteiger partial charge in [-0.3, -0.25) is 9.69 Å². The molecule has 3 aromatic carbocycles. The van der Waals surface area contributed by atoms with E-state index >= 15 is 0 Å². The van der Waals surface area contributed by atoms with E-state index in [1.54, 1.807) is 18.3 Å². The van der Waals surface area contributed by atoms with Crippen LogP contribution in [0.4, 0.5) is 19.1 Å². The van der Waals surface area contributed by atoms with E-state index in [9.17, 15) is 22.8 Å². The Kier molecular flexibility index (Phi) is 9.51. The fourth-order valence-corrected chi connectivity index (χ4v) is 6.70. The minimum absolute atomic E-state index is 0.109. The molecule has 52 heavy (non-hydrogen) atoms. The molecule has 0 unspecified atom stereocenters. The molecular formula is C38H37F3N6O5. The van der Waals surface area contributed by atoms with Crippen LogP contribution in [0.2, 0.25) is 0 Å². The summed E-state index contributed by atoms with van der Waals surface area (Å²) in [5.74, 6) is -0.925. The maximum atomic E-state index is 13.3. The summed E-state index contributed by atoms with van der Waals surface area (Å²) in [6, 6.07) is 24.3. The summed E-state index contributed by atoms with van der Waals surface area (Å²) in [5.41, 5.74) is 2.47. The number of fused-ring (bicyclic) bond motifs is 2. The molecule has 1 fully saturated rings. The number of morpholine rings is 1. The number of anilines is 1. The van der Waals surface area contributed by atoms with Gasteiger partial charge in [0.2, 0.25) is 5.95 Å². The van der Waals surface area contributed by atoms with E-state index in [-0.39, 0.29) is 23.1 Å². The smallest absolute Gasteiger partial charge is 0.454 e. The zero-order valence-corrected chi connectivity index (χ0v) is 28.8. The Morgan fingerprint density at radius 2 is 1.63 bits per heavy atom. The molecule has 11 nitrogen and oxygen atoms in total. The molecule has 6 aromatic rings. The van der Waals surface area contributed by atoms with Crippen LogP contribution in [0.15, 0.2) is 96.1 Å². The molecule has 0 radical (unpaired) electrons. The molecule has 7 rings (SSSR count). The van der Waals surface area contributed by atoms with Gasteiger partial charge in [0, 0.05) is 68.7 Å². The van der Waals surface area contributed by atoms with Crippen LogP contribution in [0.3, 0.4) is 0 Å². The molecule has 2 atom stereocenters. The lowest BCUT2D eigenvalue weighted by Crippen LogP contribution is -2.46. The molecule has 14 heteroatoms. The maximum Gasteiger partial charge on any atom is 0.493 e. The molecule has 1 aliphatic heterocycles. The minimum atomic E-state index is -5.26. The van der Waals surface area contributed by atoms with Crippen molar-refractivity contribution in [3.63, 3.8) is 0 Å². The molecule has 4 heterocycles. The first kappa shape index (κ1) is 34.8. The monoisotopic (exact) mass is 714 g/mol. The van der Waals surface area contributed by atoms with Crippen molar-refractivity contribution in [3.05, 3.63) is 107 Å². The number of benzene rings is 3. The standard InChI is InChI=1S/C38H37F3N6O5/c1-24-21-45(22-25(2)50-24)18-19-46-31-15-14-29(30-23-44(3)35(48)33-28(30)16-17-47(33)52-36(49)38(39,40)41)34(51-27-12-8-5-9-13-27)32(31)43-37(46)42-20-26-10-6-4-7-11-26/h4-17,23-25H,18-22H2,1-3H3,(H,42,43)/t24-,25+. The summed E-state index contributed by atoms with van der Waals surface area (Å²) in [5, 5.41) is 3.78. The Hall–Kier alpha value is -5.60. The van der Waals surface area contributed by atoms with Gasteiger partial charge in [-0.25, -0.2) is 9.78 Å². The highest BCUT2D eigenvalue weighted by Gasteiger charge is 2.42. The van der Waals surface area contributed by atoms with Gasteiger partial charge in [-0.15, -0.1) is 0 Å². The molecule has 0 amide bonds. The summed E-state index contributed by atoms with van der Waals surface area (Å²) in [4.78, 5) is 37.2. The molecule has 0 aliphatic carbocycles. The molecular weight excluding hydrogens is 677 g/mol. The number of halogens is 3. The molecule has 3 aromatic heterocycles. The van der Waals surface area contributed by atoms with Gasteiger partial charge < -0.3 is 28.8 Å². The minimum Gasteiger partial charge on any atom is -0.454 e. The van der Waals surface area contributed by atoms with Gasteiger partial charge in [0.1, 0.15) is 11.3 Å². The summed E-state index contributed by atoms with van der Waals surface area (Å²) >= 11 is 0. The first-order valence-electron chi connectivity index (χ1n) is 16.9. The van der Waals surface area contributed by atoms with Gasteiger partial charge in [-0.1, -0.05) is 48.5 Å². The van der Waals surface area contributed by atoms with Gasteiger partial charge in [-0.05, 0) is 49.7 Å². The molecule has 0 bridgehead atoms. The average Bonchev–Trinajstić information content (AvgIpc) is 3.70. The van der Waals surface area contributed by atoms with Crippen LogP contribution in [0.1, 0.15) is 19.4 Å². The fourth-order valence-electron chi connectivity index (χ4n) is 6.70. The van der Waals surface area contributed by atoms with Gasteiger partial charge in [0.25, 0.3) is 5.56 Å². The topological polar surface area (TPSA) is 105 Å². The number of ether oxygens (including phenoxy) is 2. The van der Waals surface area contributed by atoms with Crippen molar-refractivity contribution >= 4 is 33.9 Å². The normalized spacial score (nSPS) is 16.7. The summed E-state index contributed by atoms with van der Waals surface area (Å²) in [6.45, 7) is 7.61. The van der Waals surface area contributed by atoms with E-state index < -0.39 is 17.7 Å². The zero-order valence-electron chi connectivity index (χ0n) is 28.8. The number of para-hydroxylation sites is 1. The third kappa shape index (κ3) is 7.12. The maximum absolute atomic E-state index is 13.3. The second kappa shape index (κ2) is 14.2. The third-order valence-electron chi connectivity index (χ3n) is 8.96. The lowest BCUT2D eigenvalue weighted by molar-refractivity contribution is -0.199. The Balaban J connectivity index is 1.38. The molecule has 1 aliphatic rings. The third-order valence-corrected chi connectivity index (χ3v) is 8.96. The number of pyridine rings is 1. The van der Waals surface area contributed by atoms with Gasteiger partial charge in [0.15, 0.2) is 11.3 Å². The number of imidazole rings is 1. The Labute approximate surface area is 296 Å². The van der Waals surface area contributed by atoms with Crippen molar-refractivity contribution in [2.45, 2.75) is 45.3 Å². The van der Waals surface area contributed by atoms with Crippen molar-refractivity contribution in [2.24, 2.45) is 7.05 Å². The quantitative estimate of drug-likeness (QED) is 0.174. The lowest BCUT2D eigenvalue weighted by Gasteiger charge is -2.35. The number of aryl methyl sites for hydroxylation is 1. The van der Waals surface area contributed by atoms with Crippen molar-refractivity contribution in [3.8, 4) is 22.6 Å². The zero-order chi connectivity index (χ0) is 36.6. The highest BCUT2D eigenvalue weighted by molar-refractivity contribution is 6.01. The average molecular weight is 715 g/mol. The summed E-state index contributed by atoms with van der Waals surface area (Å²) < 4.78 is 55.9. The molecule has 0 saturated carbocycles. The number of nitrogens with zero attached hydrogens (tertiary/aromatic N) is 5. The summed E-state index contributed by atoms with van der Waals surface area (Å²) in [7, 11) is 1.47. The molecule has 1 saturated heterocycles. The van der Waals surface area contributed by atoms with Crippen molar-refractivity contribution in [1.82, 2.24) is 23.7 Å². The van der Waals surface area contributed by atoms with Crippen LogP contribution in [-0.2, 0) is 29.7 Å². The van der Waals surface area contributed by atoms with E-state index in [0.29, 0.717) is 51.9 Å². The fraction of sp³-hybridized carbons (Fsp3) is 0.289. The first-order valence-corrected chi connectivity index (χ1v) is 16.9. The Morgan fingerprint density at radius 1 is 0.942 bits per heavy atom. The lowest BCUT2D eigenvalue weighted by atomic mass is 10.0. The van der Waals surface area contributed by atoms with Gasteiger partial charge in [0.05, 0.1) is 17.7 Å². The first-order chi connectivity index (χ1) is 25.0. The SMILES string of the molecule is C[C@@H]1CN(CCn2c(NCc3ccccc3)nc3c(Oc4ccccc4)c(-c4cn(C)c(=O)c5c4ccn5OC(=O)C(F)(F)F)ccc32)C[C@H](C)O1. The predicted octanol–water partition coefficient (Wildman–Crippen LogP) is 6.39. The van der Waals surface area contributed by atoms with Crippen LogP contribution in [0.25, 0.3) is 33.1 Å². The molecule has 270 valence electrons. The van der Waals surface area contributed by atoms with Crippen molar-refractivity contribution < 1.29 is 32.3 Å². The number of hydrogen-bond acceptors (Lipinski definition) is 8. The second-order valence-electron chi connectivity index (χ2n) is 12.9. The number of carbonyl (C=O) groups excluding carboxylic acids is 1. The Morgan fingerprint density at radius 3 is 2.33 bits per heavy atom. The predicted molar refractivity (Wildman–Crippen MR) is 190 cm³/mol. The number of aromatic nitrogens is 4. The number of rotatable bonds is 10. The number of nitrogens with one attached hydrogen (secondary N) is 1. The van der Waals surface area contributed by atoms with Crippen molar-refractivity contribution in [2.75, 3.05) is 25.0 Å². The number of carbonyl (C=O) groups is 1. The van der Waals surface area contributed by atoms with E-state index in [1.807, 2.05) is 60.7 Å². The highest BCUT2D eigenvalue weighted by atomic mass is 19.4. The van der Waals surface area contributed by atoms with Crippen molar-refractivity contribution in [1.29, 1.82) is 0 Å². The largest absolute Gasteiger partial charge is 0.493 e. The van der Waals surface area contributed by atoms with Crippen LogP contribution < -0.4 is 20.5 Å². The van der Waals surface area contributed by atoms with Crippen LogP contribution in [-0.4, -0.2) is 67.7 Å². The van der Waals surface area contributed by atoms with Crippen LogP contribution in [0.5, 0.6) is 11.5 Å². The second-order valence-corrected chi connectivity index (χ2v) is 12.9. The molecule has 1 N–H and O–H groups in total. The Bertz CT molecular complexity index is 2270. The summed E-state index contributed by atoms with van der Waals surface area (Å²) in [6.07, 6.45) is -2.35. The molecule has 0 spiro atoms. The van der Waals surface area contributed by atoms with E-state index in [0.717, 1.165) is 36.9 Å². The van der Waals surface area contributed by atoms with Crippen LogP contribution >= 0.6 is 0 Å². The number of alkyl halides is 3. The van der Waals surface area contributed by atoms with E-state index in [2.05, 4.69) is 33.5 Å². The number of hydrogen-bond donors (Lipinski definition) is 1. The van der Waals surface area contributed by atoms with Gasteiger partial charge >= 0.3 is 12.1 Å². The van der Waals surface area contributed by atoms with Crippen LogP contribution in [0, 0.1) is 0 Å². The van der Waals surface area contributed by atoms with E-state index in [1.165, 1.54) is 17.7 Å². The highest BCUT2D eigenvalue weighted by Crippen LogP contribution is 2.42. The van der Waals surface area contributed by atoms with E-state index in [4.69, 9.17) is 14.5 Å².